The summed E-state index contributed by atoms with van der Waals surface area (Å²) < 4.78 is 0.961. The van der Waals surface area contributed by atoms with Gasteiger partial charge in [0.2, 0.25) is 0 Å². The van der Waals surface area contributed by atoms with E-state index in [4.69, 9.17) is 0 Å². The number of rotatable bonds is 3. The molecule has 0 bridgehead atoms. The zero-order valence-corrected chi connectivity index (χ0v) is 10.3. The number of anilines is 1. The Morgan fingerprint density at radius 1 is 1.60 bits per heavy atom. The molecule has 2 rings (SSSR count). The fourth-order valence-corrected chi connectivity index (χ4v) is 2.08. The molecular formula is C10H15BrN4. The van der Waals surface area contributed by atoms with Gasteiger partial charge < -0.3 is 10.6 Å². The lowest BCUT2D eigenvalue weighted by Gasteiger charge is -2.13. The highest BCUT2D eigenvalue weighted by Crippen LogP contribution is 2.21. The number of hydrogen-bond acceptors (Lipinski definition) is 4. The lowest BCUT2D eigenvalue weighted by atomic mass is 10.2. The minimum atomic E-state index is 0.576. The van der Waals surface area contributed by atoms with Crippen molar-refractivity contribution < 1.29 is 0 Å². The average Bonchev–Trinajstić information content (AvgIpc) is 2.73. The third-order valence-corrected chi connectivity index (χ3v) is 3.59. The molecule has 1 aliphatic heterocycles. The highest BCUT2D eigenvalue weighted by molar-refractivity contribution is 9.10. The van der Waals surface area contributed by atoms with Crippen LogP contribution in [0.4, 0.5) is 5.82 Å². The van der Waals surface area contributed by atoms with Crippen LogP contribution in [0, 0.1) is 6.92 Å². The Kier molecular flexibility index (Phi) is 3.53. The third kappa shape index (κ3) is 2.66. The molecule has 4 nitrogen and oxygen atoms in total. The molecule has 0 spiro atoms. The Hall–Kier alpha value is -0.680. The molecule has 1 unspecified atom stereocenters. The van der Waals surface area contributed by atoms with E-state index in [1.165, 1.54) is 12.8 Å². The van der Waals surface area contributed by atoms with Crippen molar-refractivity contribution in [3.63, 3.8) is 0 Å². The van der Waals surface area contributed by atoms with Crippen LogP contribution in [-0.4, -0.2) is 29.1 Å². The van der Waals surface area contributed by atoms with Gasteiger partial charge in [-0.2, -0.15) is 0 Å². The Morgan fingerprint density at radius 3 is 3.20 bits per heavy atom. The van der Waals surface area contributed by atoms with Gasteiger partial charge in [0.15, 0.2) is 0 Å². The zero-order chi connectivity index (χ0) is 10.7. The predicted octanol–water partition coefficient (Wildman–Crippen LogP) is 1.71. The summed E-state index contributed by atoms with van der Waals surface area (Å²) in [7, 11) is 0. The highest BCUT2D eigenvalue weighted by atomic mass is 79.9. The molecule has 1 aliphatic rings. The summed E-state index contributed by atoms with van der Waals surface area (Å²) in [6.45, 7) is 4.02. The summed E-state index contributed by atoms with van der Waals surface area (Å²) >= 11 is 3.48. The van der Waals surface area contributed by atoms with E-state index in [0.29, 0.717) is 6.04 Å². The number of nitrogens with one attached hydrogen (secondary N) is 2. The van der Waals surface area contributed by atoms with Crippen molar-refractivity contribution in [1.82, 2.24) is 15.3 Å². The Bertz CT molecular complexity index is 336. The molecule has 15 heavy (non-hydrogen) atoms. The van der Waals surface area contributed by atoms with Crippen LogP contribution in [-0.2, 0) is 0 Å². The number of hydrogen-bond donors (Lipinski definition) is 2. The first kappa shape index (κ1) is 10.8. The molecule has 0 saturated carbocycles. The van der Waals surface area contributed by atoms with E-state index in [-0.39, 0.29) is 0 Å². The van der Waals surface area contributed by atoms with Gasteiger partial charge in [-0.1, -0.05) is 0 Å². The zero-order valence-electron chi connectivity index (χ0n) is 8.76. The van der Waals surface area contributed by atoms with Crippen LogP contribution >= 0.6 is 15.9 Å². The van der Waals surface area contributed by atoms with E-state index >= 15 is 0 Å². The molecule has 1 aromatic rings. The third-order valence-electron chi connectivity index (χ3n) is 2.64. The number of halogens is 1. The van der Waals surface area contributed by atoms with Crippen LogP contribution in [0.3, 0.4) is 0 Å². The molecular weight excluding hydrogens is 256 g/mol. The standard InChI is InChI=1S/C10H15BrN4/c1-7-9(11)10(15-6-14-7)13-5-8-3-2-4-12-8/h6,8,12H,2-5H2,1H3,(H,13,14,15). The second-order valence-corrected chi connectivity index (χ2v) is 4.59. The molecule has 1 aromatic heterocycles. The largest absolute Gasteiger partial charge is 0.367 e. The van der Waals surface area contributed by atoms with E-state index in [2.05, 4.69) is 36.5 Å². The van der Waals surface area contributed by atoms with Gasteiger partial charge in [-0.25, -0.2) is 9.97 Å². The summed E-state index contributed by atoms with van der Waals surface area (Å²) in [5.74, 6) is 0.885. The SMILES string of the molecule is Cc1ncnc(NCC2CCCN2)c1Br. The van der Waals surface area contributed by atoms with E-state index < -0.39 is 0 Å². The summed E-state index contributed by atoms with van der Waals surface area (Å²) in [6, 6.07) is 0.576. The Balaban J connectivity index is 1.95. The maximum Gasteiger partial charge on any atom is 0.144 e. The number of aryl methyl sites for hydroxylation is 1. The summed E-state index contributed by atoms with van der Waals surface area (Å²) in [6.07, 6.45) is 4.11. The van der Waals surface area contributed by atoms with Gasteiger partial charge in [-0.3, -0.25) is 0 Å². The fourth-order valence-electron chi connectivity index (χ4n) is 1.73. The van der Waals surface area contributed by atoms with Gasteiger partial charge in [-0.15, -0.1) is 0 Å². The van der Waals surface area contributed by atoms with Crippen molar-refractivity contribution >= 4 is 21.7 Å². The van der Waals surface area contributed by atoms with E-state index in [9.17, 15) is 0 Å². The van der Waals surface area contributed by atoms with Gasteiger partial charge in [0.25, 0.3) is 0 Å². The quantitative estimate of drug-likeness (QED) is 0.878. The molecule has 0 aliphatic carbocycles. The average molecular weight is 271 g/mol. The normalized spacial score (nSPS) is 20.5. The Morgan fingerprint density at radius 2 is 2.47 bits per heavy atom. The molecule has 1 fully saturated rings. The van der Waals surface area contributed by atoms with Crippen molar-refractivity contribution in [2.24, 2.45) is 0 Å². The minimum absolute atomic E-state index is 0.576. The molecule has 1 atom stereocenters. The number of nitrogens with zero attached hydrogens (tertiary/aromatic N) is 2. The van der Waals surface area contributed by atoms with E-state index in [0.717, 1.165) is 29.1 Å². The fraction of sp³-hybridized carbons (Fsp3) is 0.600. The summed E-state index contributed by atoms with van der Waals surface area (Å²) in [5, 5.41) is 6.77. The van der Waals surface area contributed by atoms with Gasteiger partial charge in [0, 0.05) is 12.6 Å². The topological polar surface area (TPSA) is 49.8 Å². The van der Waals surface area contributed by atoms with Crippen molar-refractivity contribution in [2.45, 2.75) is 25.8 Å². The highest BCUT2D eigenvalue weighted by Gasteiger charge is 2.14. The molecule has 82 valence electrons. The van der Waals surface area contributed by atoms with Gasteiger partial charge in [0.05, 0.1) is 10.2 Å². The molecule has 0 aromatic carbocycles. The first-order valence-electron chi connectivity index (χ1n) is 5.21. The van der Waals surface area contributed by atoms with Gasteiger partial charge in [0.1, 0.15) is 12.1 Å². The van der Waals surface area contributed by atoms with Crippen molar-refractivity contribution in [1.29, 1.82) is 0 Å². The molecule has 5 heteroatoms. The van der Waals surface area contributed by atoms with Crippen LogP contribution in [0.1, 0.15) is 18.5 Å². The smallest absolute Gasteiger partial charge is 0.144 e. The van der Waals surface area contributed by atoms with Crippen LogP contribution in [0.5, 0.6) is 0 Å². The molecule has 0 radical (unpaired) electrons. The van der Waals surface area contributed by atoms with Crippen LogP contribution in [0.15, 0.2) is 10.8 Å². The second-order valence-electron chi connectivity index (χ2n) is 3.80. The maximum absolute atomic E-state index is 4.20. The summed E-state index contributed by atoms with van der Waals surface area (Å²) in [5.41, 5.74) is 0.965. The second kappa shape index (κ2) is 4.90. The van der Waals surface area contributed by atoms with Crippen molar-refractivity contribution in [3.8, 4) is 0 Å². The van der Waals surface area contributed by atoms with E-state index in [1.807, 2.05) is 6.92 Å². The molecule has 2 N–H and O–H groups in total. The van der Waals surface area contributed by atoms with Gasteiger partial charge >= 0.3 is 0 Å². The predicted molar refractivity (Wildman–Crippen MR) is 64.0 cm³/mol. The van der Waals surface area contributed by atoms with Crippen LogP contribution < -0.4 is 10.6 Å². The van der Waals surface area contributed by atoms with Crippen LogP contribution in [0.25, 0.3) is 0 Å². The van der Waals surface area contributed by atoms with Crippen molar-refractivity contribution in [3.05, 3.63) is 16.5 Å². The molecule has 0 amide bonds. The lowest BCUT2D eigenvalue weighted by molar-refractivity contribution is 0.632. The lowest BCUT2D eigenvalue weighted by Crippen LogP contribution is -2.29. The minimum Gasteiger partial charge on any atom is -0.367 e. The molecule has 2 heterocycles. The van der Waals surface area contributed by atoms with Crippen LogP contribution in [0.2, 0.25) is 0 Å². The van der Waals surface area contributed by atoms with Crippen molar-refractivity contribution in [2.75, 3.05) is 18.4 Å². The first-order chi connectivity index (χ1) is 7.27. The van der Waals surface area contributed by atoms with Gasteiger partial charge in [-0.05, 0) is 42.2 Å². The summed E-state index contributed by atoms with van der Waals surface area (Å²) in [4.78, 5) is 8.31. The van der Waals surface area contributed by atoms with E-state index in [1.54, 1.807) is 6.33 Å². The molecule has 1 saturated heterocycles. The number of aromatic nitrogens is 2. The first-order valence-corrected chi connectivity index (χ1v) is 6.01. The monoisotopic (exact) mass is 270 g/mol. The maximum atomic E-state index is 4.20. The Labute approximate surface area is 98.0 Å².